The number of carbonyl (C=O) groups is 1. The van der Waals surface area contributed by atoms with Gasteiger partial charge in [0.05, 0.1) is 0 Å². The number of nitrogens with one attached hydrogen (secondary N) is 1. The summed E-state index contributed by atoms with van der Waals surface area (Å²) in [6.45, 7) is 3.90. The van der Waals surface area contributed by atoms with Gasteiger partial charge in [0.1, 0.15) is 5.75 Å². The lowest BCUT2D eigenvalue weighted by atomic mass is 9.88. The third-order valence-corrected chi connectivity index (χ3v) is 5.57. The predicted octanol–water partition coefficient (Wildman–Crippen LogP) is 3.05. The maximum atomic E-state index is 12.1. The van der Waals surface area contributed by atoms with Crippen LogP contribution in [0.3, 0.4) is 0 Å². The Morgan fingerprint density at radius 1 is 1.30 bits per heavy atom. The average molecular weight is 360 g/mol. The monoisotopic (exact) mass is 359 g/mol. The number of ether oxygens (including phenoxy) is 1. The summed E-state index contributed by atoms with van der Waals surface area (Å²) in [4.78, 5) is 11.9. The highest BCUT2D eigenvalue weighted by atomic mass is 35.5. The van der Waals surface area contributed by atoms with Crippen LogP contribution in [0.25, 0.3) is 0 Å². The van der Waals surface area contributed by atoms with E-state index in [1.807, 2.05) is 0 Å². The first kappa shape index (κ1) is 18.2. The maximum Gasteiger partial charge on any atom is 0.327 e. The van der Waals surface area contributed by atoms with E-state index < -0.39 is 21.7 Å². The Labute approximate surface area is 142 Å². The van der Waals surface area contributed by atoms with Gasteiger partial charge in [0.2, 0.25) is 10.0 Å². The van der Waals surface area contributed by atoms with Gasteiger partial charge >= 0.3 is 5.97 Å². The number of hydrogen-bond acceptors (Lipinski definition) is 4. The van der Waals surface area contributed by atoms with E-state index in [4.69, 9.17) is 16.3 Å². The molecule has 0 spiro atoms. The Kier molecular flexibility index (Phi) is 6.06. The van der Waals surface area contributed by atoms with Crippen LogP contribution in [0, 0.1) is 12.8 Å². The Hall–Kier alpha value is -1.11. The molecule has 7 heteroatoms. The fourth-order valence-electron chi connectivity index (χ4n) is 2.71. The zero-order valence-electron chi connectivity index (χ0n) is 13.3. The van der Waals surface area contributed by atoms with Crippen molar-refractivity contribution in [1.82, 2.24) is 4.72 Å². The van der Waals surface area contributed by atoms with Crippen molar-refractivity contribution in [3.8, 4) is 5.75 Å². The van der Waals surface area contributed by atoms with Crippen molar-refractivity contribution in [3.63, 3.8) is 0 Å². The second-order valence-electron chi connectivity index (χ2n) is 6.22. The Morgan fingerprint density at radius 2 is 1.96 bits per heavy atom. The third kappa shape index (κ3) is 5.79. The number of halogens is 1. The van der Waals surface area contributed by atoms with Crippen LogP contribution in [-0.4, -0.2) is 26.2 Å². The molecule has 0 heterocycles. The number of benzene rings is 1. The number of sulfonamides is 1. The number of esters is 1. The molecular weight excluding hydrogens is 338 g/mol. The van der Waals surface area contributed by atoms with E-state index in [2.05, 4.69) is 11.6 Å². The Bertz CT molecular complexity index is 667. The molecule has 1 aliphatic carbocycles. The lowest BCUT2D eigenvalue weighted by Crippen LogP contribution is -2.40. The minimum Gasteiger partial charge on any atom is -0.425 e. The summed E-state index contributed by atoms with van der Waals surface area (Å²) < 4.78 is 31.9. The number of aryl methyl sites for hydroxylation is 1. The SMILES string of the molecule is Cc1cc(Cl)ccc1OC(=O)CS(=O)(=O)NC1CCC(C)CC1. The lowest BCUT2D eigenvalue weighted by Gasteiger charge is -2.26. The van der Waals surface area contributed by atoms with Gasteiger partial charge < -0.3 is 4.74 Å². The molecule has 0 unspecified atom stereocenters. The number of carbonyl (C=O) groups excluding carboxylic acids is 1. The first-order valence-corrected chi connectivity index (χ1v) is 9.75. The molecular formula is C16H22ClNO4S. The maximum absolute atomic E-state index is 12.1. The van der Waals surface area contributed by atoms with E-state index in [1.165, 1.54) is 0 Å². The second kappa shape index (κ2) is 7.64. The van der Waals surface area contributed by atoms with Gasteiger partial charge in [0.25, 0.3) is 0 Å². The molecule has 1 aromatic carbocycles. The molecule has 2 rings (SSSR count). The topological polar surface area (TPSA) is 72.5 Å². The van der Waals surface area contributed by atoms with Crippen LogP contribution < -0.4 is 9.46 Å². The third-order valence-electron chi connectivity index (χ3n) is 4.03. The van der Waals surface area contributed by atoms with Crippen molar-refractivity contribution in [2.45, 2.75) is 45.6 Å². The van der Waals surface area contributed by atoms with Crippen molar-refractivity contribution < 1.29 is 17.9 Å². The normalized spacial score (nSPS) is 21.9. The van der Waals surface area contributed by atoms with Crippen LogP contribution >= 0.6 is 11.6 Å². The number of hydrogen-bond donors (Lipinski definition) is 1. The minimum atomic E-state index is -3.69. The van der Waals surface area contributed by atoms with Crippen molar-refractivity contribution in [2.75, 3.05) is 5.75 Å². The highest BCUT2D eigenvalue weighted by Gasteiger charge is 2.25. The van der Waals surface area contributed by atoms with Gasteiger partial charge in [-0.1, -0.05) is 18.5 Å². The van der Waals surface area contributed by atoms with Crippen LogP contribution in [0.5, 0.6) is 5.75 Å². The van der Waals surface area contributed by atoms with Gasteiger partial charge in [-0.3, -0.25) is 4.79 Å². The zero-order valence-corrected chi connectivity index (χ0v) is 14.9. The van der Waals surface area contributed by atoms with Gasteiger partial charge in [-0.15, -0.1) is 0 Å². The molecule has 1 aliphatic rings. The van der Waals surface area contributed by atoms with Crippen LogP contribution in [-0.2, 0) is 14.8 Å². The molecule has 1 saturated carbocycles. The van der Waals surface area contributed by atoms with Gasteiger partial charge in [0, 0.05) is 11.1 Å². The van der Waals surface area contributed by atoms with Gasteiger partial charge in [-0.2, -0.15) is 0 Å². The molecule has 0 radical (unpaired) electrons. The molecule has 1 aromatic rings. The van der Waals surface area contributed by atoms with E-state index in [0.717, 1.165) is 25.7 Å². The van der Waals surface area contributed by atoms with Gasteiger partial charge in [-0.05, 0) is 62.3 Å². The molecule has 1 N–H and O–H groups in total. The van der Waals surface area contributed by atoms with Crippen molar-refractivity contribution in [1.29, 1.82) is 0 Å². The van der Waals surface area contributed by atoms with Crippen molar-refractivity contribution >= 4 is 27.6 Å². The van der Waals surface area contributed by atoms with Gasteiger partial charge in [-0.25, -0.2) is 13.1 Å². The smallest absolute Gasteiger partial charge is 0.327 e. The standard InChI is InChI=1S/C16H22ClNO4S/c1-11-3-6-14(7-4-11)18-23(20,21)10-16(19)22-15-8-5-13(17)9-12(15)2/h5,8-9,11,14,18H,3-4,6-7,10H2,1-2H3. The second-order valence-corrected chi connectivity index (χ2v) is 8.41. The molecule has 1 fully saturated rings. The van der Waals surface area contributed by atoms with Gasteiger partial charge in [0.15, 0.2) is 5.75 Å². The van der Waals surface area contributed by atoms with Crippen LogP contribution in [0.4, 0.5) is 0 Å². The lowest BCUT2D eigenvalue weighted by molar-refractivity contribution is -0.131. The molecule has 0 saturated heterocycles. The Morgan fingerprint density at radius 3 is 2.57 bits per heavy atom. The first-order valence-electron chi connectivity index (χ1n) is 7.72. The van der Waals surface area contributed by atoms with E-state index in [9.17, 15) is 13.2 Å². The molecule has 23 heavy (non-hydrogen) atoms. The van der Waals surface area contributed by atoms with E-state index in [1.54, 1.807) is 25.1 Å². The molecule has 0 aliphatic heterocycles. The molecule has 128 valence electrons. The summed E-state index contributed by atoms with van der Waals surface area (Å²) in [5, 5.41) is 0.531. The van der Waals surface area contributed by atoms with E-state index >= 15 is 0 Å². The van der Waals surface area contributed by atoms with E-state index in [0.29, 0.717) is 22.3 Å². The molecule has 0 aromatic heterocycles. The summed E-state index contributed by atoms with van der Waals surface area (Å²) in [5.74, 6) is -0.525. The summed E-state index contributed by atoms with van der Waals surface area (Å²) in [5.41, 5.74) is 0.678. The average Bonchev–Trinajstić information content (AvgIpc) is 2.43. The summed E-state index contributed by atoms with van der Waals surface area (Å²) in [6, 6.07) is 4.71. The fourth-order valence-corrected chi connectivity index (χ4v) is 4.13. The fraction of sp³-hybridized carbons (Fsp3) is 0.562. The largest absolute Gasteiger partial charge is 0.425 e. The van der Waals surface area contributed by atoms with Crippen molar-refractivity contribution in [2.24, 2.45) is 5.92 Å². The first-order chi connectivity index (χ1) is 10.7. The molecule has 5 nitrogen and oxygen atoms in total. The van der Waals surface area contributed by atoms with Crippen molar-refractivity contribution in [3.05, 3.63) is 28.8 Å². The highest BCUT2D eigenvalue weighted by Crippen LogP contribution is 2.24. The summed E-state index contributed by atoms with van der Waals surface area (Å²) >= 11 is 5.83. The molecule has 0 atom stereocenters. The van der Waals surface area contributed by atoms with Crippen LogP contribution in [0.1, 0.15) is 38.2 Å². The number of rotatable bonds is 5. The Balaban J connectivity index is 1.90. The molecule has 0 bridgehead atoms. The predicted molar refractivity (Wildman–Crippen MR) is 90.2 cm³/mol. The van der Waals surface area contributed by atoms with E-state index in [-0.39, 0.29) is 6.04 Å². The quantitative estimate of drug-likeness (QED) is 0.647. The van der Waals surface area contributed by atoms with Crippen LogP contribution in [0.2, 0.25) is 5.02 Å². The highest BCUT2D eigenvalue weighted by molar-refractivity contribution is 7.90. The summed E-state index contributed by atoms with van der Waals surface area (Å²) in [6.07, 6.45) is 3.63. The van der Waals surface area contributed by atoms with Crippen LogP contribution in [0.15, 0.2) is 18.2 Å². The minimum absolute atomic E-state index is 0.0822. The summed E-state index contributed by atoms with van der Waals surface area (Å²) in [7, 11) is -3.69. The molecule has 0 amide bonds. The zero-order chi connectivity index (χ0) is 17.0.